The second kappa shape index (κ2) is 6.20. The van der Waals surface area contributed by atoms with Crippen LogP contribution in [0.2, 0.25) is 5.02 Å². The van der Waals surface area contributed by atoms with Crippen molar-refractivity contribution in [2.45, 2.75) is 13.0 Å². The van der Waals surface area contributed by atoms with Crippen LogP contribution in [-0.2, 0) is 0 Å². The van der Waals surface area contributed by atoms with E-state index in [1.165, 1.54) is 0 Å². The van der Waals surface area contributed by atoms with E-state index in [-0.39, 0.29) is 6.04 Å². The van der Waals surface area contributed by atoms with Crippen LogP contribution < -0.4 is 9.80 Å². The number of piperazine rings is 1. The predicted octanol–water partition coefficient (Wildman–Crippen LogP) is 2.72. The molecule has 0 aliphatic carbocycles. The van der Waals surface area contributed by atoms with Crippen LogP contribution in [-0.4, -0.2) is 35.6 Å². The summed E-state index contributed by atoms with van der Waals surface area (Å²) in [6.07, 6.45) is 3.18. The highest BCUT2D eigenvalue weighted by molar-refractivity contribution is 6.30. The Morgan fingerprint density at radius 1 is 1.27 bits per heavy atom. The van der Waals surface area contributed by atoms with Gasteiger partial charge in [-0.2, -0.15) is 5.26 Å². The molecular weight excluding hydrogens is 298 g/mol. The maximum Gasteiger partial charge on any atom is 0.183 e. The maximum absolute atomic E-state index is 9.19. The fourth-order valence-electron chi connectivity index (χ4n) is 2.80. The van der Waals surface area contributed by atoms with Gasteiger partial charge in [0.1, 0.15) is 6.07 Å². The molecule has 1 saturated heterocycles. The van der Waals surface area contributed by atoms with Gasteiger partial charge in [0.25, 0.3) is 0 Å². The topological polar surface area (TPSA) is 56.1 Å². The zero-order valence-corrected chi connectivity index (χ0v) is 13.0. The van der Waals surface area contributed by atoms with Crippen molar-refractivity contribution in [1.82, 2.24) is 9.97 Å². The lowest BCUT2D eigenvalue weighted by Crippen LogP contribution is -2.52. The van der Waals surface area contributed by atoms with E-state index in [1.807, 2.05) is 18.2 Å². The first-order valence-corrected chi connectivity index (χ1v) is 7.55. The third kappa shape index (κ3) is 2.83. The molecule has 0 spiro atoms. The molecule has 22 heavy (non-hydrogen) atoms. The molecule has 1 atom stereocenters. The van der Waals surface area contributed by atoms with E-state index in [4.69, 9.17) is 11.6 Å². The number of hydrogen-bond acceptors (Lipinski definition) is 5. The molecule has 112 valence electrons. The third-order valence-corrected chi connectivity index (χ3v) is 4.09. The molecule has 3 rings (SSSR count). The van der Waals surface area contributed by atoms with Crippen molar-refractivity contribution >= 4 is 23.1 Å². The number of hydrogen-bond donors (Lipinski definition) is 0. The van der Waals surface area contributed by atoms with Gasteiger partial charge in [0.05, 0.1) is 0 Å². The Balaban J connectivity index is 1.80. The monoisotopic (exact) mass is 313 g/mol. The van der Waals surface area contributed by atoms with Gasteiger partial charge in [-0.05, 0) is 25.1 Å². The Morgan fingerprint density at radius 2 is 2.09 bits per heavy atom. The van der Waals surface area contributed by atoms with Crippen molar-refractivity contribution in [3.63, 3.8) is 0 Å². The molecule has 0 amide bonds. The molecule has 1 aliphatic rings. The molecule has 2 aromatic rings. The highest BCUT2D eigenvalue weighted by Gasteiger charge is 2.27. The Kier molecular flexibility index (Phi) is 4.12. The molecule has 1 fully saturated rings. The second-order valence-electron chi connectivity index (χ2n) is 5.31. The smallest absolute Gasteiger partial charge is 0.183 e. The van der Waals surface area contributed by atoms with Crippen LogP contribution in [0.4, 0.5) is 11.5 Å². The van der Waals surface area contributed by atoms with Crippen molar-refractivity contribution in [3.8, 4) is 6.07 Å². The average molecular weight is 314 g/mol. The van der Waals surface area contributed by atoms with Gasteiger partial charge in [0, 0.05) is 48.8 Å². The van der Waals surface area contributed by atoms with E-state index in [0.717, 1.165) is 30.3 Å². The van der Waals surface area contributed by atoms with Gasteiger partial charge >= 0.3 is 0 Å². The summed E-state index contributed by atoms with van der Waals surface area (Å²) < 4.78 is 0. The molecule has 1 aromatic carbocycles. The summed E-state index contributed by atoms with van der Waals surface area (Å²) in [5.74, 6) is 0.670. The van der Waals surface area contributed by atoms with Crippen LogP contribution in [0, 0.1) is 11.3 Å². The minimum atomic E-state index is 0.233. The van der Waals surface area contributed by atoms with Gasteiger partial charge in [-0.25, -0.2) is 9.97 Å². The van der Waals surface area contributed by atoms with E-state index in [9.17, 15) is 5.26 Å². The first-order chi connectivity index (χ1) is 10.7. The first-order valence-electron chi connectivity index (χ1n) is 7.17. The van der Waals surface area contributed by atoms with Crippen LogP contribution in [0.15, 0.2) is 36.7 Å². The molecule has 5 nitrogen and oxygen atoms in total. The summed E-state index contributed by atoms with van der Waals surface area (Å²) in [7, 11) is 0. The zero-order chi connectivity index (χ0) is 15.5. The molecule has 0 unspecified atom stereocenters. The molecule has 1 aromatic heterocycles. The summed E-state index contributed by atoms with van der Waals surface area (Å²) >= 11 is 6.07. The Hall–Kier alpha value is -2.32. The number of rotatable bonds is 2. The molecule has 0 N–H and O–H groups in total. The van der Waals surface area contributed by atoms with Crippen molar-refractivity contribution in [1.29, 1.82) is 5.26 Å². The number of anilines is 2. The minimum Gasteiger partial charge on any atom is -0.368 e. The molecule has 0 radical (unpaired) electrons. The van der Waals surface area contributed by atoms with Gasteiger partial charge in [-0.1, -0.05) is 17.7 Å². The first kappa shape index (κ1) is 14.6. The predicted molar refractivity (Wildman–Crippen MR) is 87.2 cm³/mol. The van der Waals surface area contributed by atoms with E-state index in [0.29, 0.717) is 11.5 Å². The number of nitrogens with zero attached hydrogens (tertiary/aromatic N) is 5. The van der Waals surface area contributed by atoms with E-state index >= 15 is 0 Å². The quantitative estimate of drug-likeness (QED) is 0.853. The van der Waals surface area contributed by atoms with Gasteiger partial charge in [0.2, 0.25) is 0 Å². The standard InChI is InChI=1S/C16H16ClN5/c1-12-11-21(14-4-2-3-13(17)9-14)7-8-22(12)16-15(10-18)19-5-6-20-16/h2-6,9,12H,7-8,11H2,1H3/t12-/m0/s1. The van der Waals surface area contributed by atoms with Crippen molar-refractivity contribution < 1.29 is 0 Å². The van der Waals surface area contributed by atoms with Crippen LogP contribution >= 0.6 is 11.6 Å². The Labute approximate surface area is 134 Å². The van der Waals surface area contributed by atoms with E-state index in [2.05, 4.69) is 38.8 Å². The van der Waals surface area contributed by atoms with Crippen molar-refractivity contribution in [2.75, 3.05) is 29.4 Å². The van der Waals surface area contributed by atoms with Gasteiger partial charge < -0.3 is 9.80 Å². The maximum atomic E-state index is 9.19. The summed E-state index contributed by atoms with van der Waals surface area (Å²) in [4.78, 5) is 12.9. The largest absolute Gasteiger partial charge is 0.368 e. The number of nitriles is 1. The SMILES string of the molecule is C[C@H]1CN(c2cccc(Cl)c2)CCN1c1nccnc1C#N. The highest BCUT2D eigenvalue weighted by Crippen LogP contribution is 2.25. The summed E-state index contributed by atoms with van der Waals surface area (Å²) in [6.45, 7) is 4.63. The molecule has 6 heteroatoms. The molecule has 0 bridgehead atoms. The number of halogens is 1. The van der Waals surface area contributed by atoms with Gasteiger partial charge in [-0.3, -0.25) is 0 Å². The minimum absolute atomic E-state index is 0.233. The summed E-state index contributed by atoms with van der Waals surface area (Å²) in [5.41, 5.74) is 1.50. The highest BCUT2D eigenvalue weighted by atomic mass is 35.5. The summed E-state index contributed by atoms with van der Waals surface area (Å²) in [5, 5.41) is 9.94. The second-order valence-corrected chi connectivity index (χ2v) is 5.75. The van der Waals surface area contributed by atoms with Crippen molar-refractivity contribution in [3.05, 3.63) is 47.4 Å². The van der Waals surface area contributed by atoms with Gasteiger partial charge in [-0.15, -0.1) is 0 Å². The number of benzene rings is 1. The Bertz CT molecular complexity index is 712. The lowest BCUT2D eigenvalue weighted by atomic mass is 10.1. The average Bonchev–Trinajstić information content (AvgIpc) is 2.55. The molecule has 2 heterocycles. The molecular formula is C16H16ClN5. The molecule has 0 saturated carbocycles. The summed E-state index contributed by atoms with van der Waals surface area (Å²) in [6, 6.07) is 10.2. The van der Waals surface area contributed by atoms with E-state index in [1.54, 1.807) is 12.4 Å². The molecule has 1 aliphatic heterocycles. The fourth-order valence-corrected chi connectivity index (χ4v) is 2.98. The zero-order valence-electron chi connectivity index (χ0n) is 12.3. The van der Waals surface area contributed by atoms with E-state index < -0.39 is 0 Å². The van der Waals surface area contributed by atoms with Crippen LogP contribution in [0.1, 0.15) is 12.6 Å². The van der Waals surface area contributed by atoms with Crippen molar-refractivity contribution in [2.24, 2.45) is 0 Å². The van der Waals surface area contributed by atoms with Crippen LogP contribution in [0.5, 0.6) is 0 Å². The lowest BCUT2D eigenvalue weighted by molar-refractivity contribution is 0.545. The number of aromatic nitrogens is 2. The van der Waals surface area contributed by atoms with Gasteiger partial charge in [0.15, 0.2) is 11.5 Å². The Morgan fingerprint density at radius 3 is 2.82 bits per heavy atom. The lowest BCUT2D eigenvalue weighted by Gasteiger charge is -2.41. The third-order valence-electron chi connectivity index (χ3n) is 3.86. The van der Waals surface area contributed by atoms with Crippen LogP contribution in [0.3, 0.4) is 0 Å². The normalized spacial score (nSPS) is 18.1. The van der Waals surface area contributed by atoms with Crippen LogP contribution in [0.25, 0.3) is 0 Å². The fraction of sp³-hybridized carbons (Fsp3) is 0.312.